The van der Waals surface area contributed by atoms with Gasteiger partial charge in [0.2, 0.25) is 17.9 Å². The lowest BCUT2D eigenvalue weighted by atomic mass is 10.2. The van der Waals surface area contributed by atoms with Crippen LogP contribution in [-0.4, -0.2) is 269 Å². The number of likely N-dealkylation sites (N-methyl/N-ethyl adjacent to an activating group) is 6. The van der Waals surface area contributed by atoms with Gasteiger partial charge in [-0.05, 0) is 33.6 Å². The average Bonchev–Trinajstić information content (AvgIpc) is 3.93. The van der Waals surface area contributed by atoms with E-state index in [4.69, 9.17) is 56.2 Å². The molecule has 404 valence electrons. The number of aliphatic hydroxyl groups excluding tert-OH is 1. The lowest BCUT2D eigenvalue weighted by Gasteiger charge is -2.39. The first-order chi connectivity index (χ1) is 33.0. The van der Waals surface area contributed by atoms with Gasteiger partial charge in [-0.25, -0.2) is 32.3 Å². The second-order valence-corrected chi connectivity index (χ2v) is 26.8. The lowest BCUT2D eigenvalue weighted by Crippen LogP contribution is -2.46. The summed E-state index contributed by atoms with van der Waals surface area (Å²) in [5.41, 5.74) is -0.782. The summed E-state index contributed by atoms with van der Waals surface area (Å²) in [6, 6.07) is 0. The summed E-state index contributed by atoms with van der Waals surface area (Å²) in [5, 5.41) is 8.98. The number of aliphatic hydroxyl groups is 1. The molecule has 6 fully saturated rings. The van der Waals surface area contributed by atoms with Crippen molar-refractivity contribution in [3.8, 4) is 0 Å². The third-order valence-corrected chi connectivity index (χ3v) is 19.7. The molecule has 0 aliphatic carbocycles. The van der Waals surface area contributed by atoms with Crippen LogP contribution in [0.2, 0.25) is 0 Å². The second kappa shape index (κ2) is 25.2. The fourth-order valence-electron chi connectivity index (χ4n) is 8.44. The molecular formula is C40H80N12O14P4. The van der Waals surface area contributed by atoms with Crippen molar-refractivity contribution >= 4 is 48.7 Å². The number of rotatable bonds is 23. The van der Waals surface area contributed by atoms with Crippen LogP contribution in [0.3, 0.4) is 0 Å². The highest BCUT2D eigenvalue weighted by Gasteiger charge is 2.45. The largest absolute Gasteiger partial charge is 0.472 e. The minimum atomic E-state index is -4.41. The molecule has 30 heteroatoms. The molecule has 0 spiro atoms. The van der Waals surface area contributed by atoms with Gasteiger partial charge in [0, 0.05) is 127 Å². The minimum absolute atomic E-state index is 0.00191. The van der Waals surface area contributed by atoms with E-state index in [0.717, 1.165) is 25.9 Å². The molecule has 0 aromatic heterocycles. The maximum atomic E-state index is 15.4. The van der Waals surface area contributed by atoms with Crippen LogP contribution in [0.5, 0.6) is 0 Å². The first-order valence-corrected chi connectivity index (χ1v) is 30.3. The van der Waals surface area contributed by atoms with E-state index in [2.05, 4.69) is 0 Å². The van der Waals surface area contributed by atoms with Gasteiger partial charge in [0.05, 0.1) is 70.2 Å². The van der Waals surface area contributed by atoms with Crippen molar-refractivity contribution in [1.82, 2.24) is 43.4 Å². The number of morpholine rings is 3. The Hall–Kier alpha value is -1.79. The molecular weight excluding hydrogens is 996 g/mol. The van der Waals surface area contributed by atoms with Crippen LogP contribution in [0.1, 0.15) is 46.5 Å². The smallest absolute Gasteiger partial charge is 0.396 e. The Morgan fingerprint density at radius 3 is 1.23 bits per heavy atom. The number of nitrogens with zero attached hydrogens (tertiary/aromatic N) is 12. The van der Waals surface area contributed by atoms with Gasteiger partial charge in [0.1, 0.15) is 0 Å². The van der Waals surface area contributed by atoms with Gasteiger partial charge in [0.25, 0.3) is 0 Å². The Morgan fingerprint density at radius 2 is 0.857 bits per heavy atom. The molecule has 0 aromatic rings. The predicted molar refractivity (Wildman–Crippen MR) is 265 cm³/mol. The topological polar surface area (TPSA) is 249 Å². The van der Waals surface area contributed by atoms with E-state index in [1.54, 1.807) is 14.0 Å². The quantitative estimate of drug-likeness (QED) is 0.110. The van der Waals surface area contributed by atoms with Gasteiger partial charge in [0.15, 0.2) is 0 Å². The third kappa shape index (κ3) is 15.9. The molecule has 26 nitrogen and oxygen atoms in total. The van der Waals surface area contributed by atoms with Crippen molar-refractivity contribution in [1.29, 1.82) is 0 Å². The van der Waals surface area contributed by atoms with Gasteiger partial charge >= 0.3 is 30.8 Å². The van der Waals surface area contributed by atoms with Gasteiger partial charge in [-0.2, -0.15) is 14.3 Å². The average molecular weight is 1080 g/mol. The normalized spacial score (nSPS) is 27.2. The monoisotopic (exact) mass is 1080 g/mol. The van der Waals surface area contributed by atoms with E-state index >= 15 is 9.13 Å². The molecule has 0 aromatic carbocycles. The van der Waals surface area contributed by atoms with Crippen molar-refractivity contribution in [2.24, 2.45) is 14.3 Å². The van der Waals surface area contributed by atoms with Crippen LogP contribution in [0.25, 0.3) is 0 Å². The maximum absolute atomic E-state index is 15.4. The molecule has 0 saturated carbocycles. The Balaban J connectivity index is 1.16. The van der Waals surface area contributed by atoms with Gasteiger partial charge < -0.3 is 53.6 Å². The molecule has 70 heavy (non-hydrogen) atoms. The summed E-state index contributed by atoms with van der Waals surface area (Å²) in [4.78, 5) is 21.9. The Labute approximate surface area is 414 Å². The molecule has 6 aliphatic rings. The number of phosphoric ester groups is 1. The molecule has 0 bridgehead atoms. The van der Waals surface area contributed by atoms with E-state index in [1.807, 2.05) is 92.5 Å². The zero-order chi connectivity index (χ0) is 50.9. The minimum Gasteiger partial charge on any atom is -0.396 e. The number of hydrogen-bond donors (Lipinski definition) is 2. The zero-order valence-electron chi connectivity index (χ0n) is 42.7. The van der Waals surface area contributed by atoms with Crippen LogP contribution in [0, 0.1) is 0 Å². The van der Waals surface area contributed by atoms with Crippen molar-refractivity contribution < 1.29 is 65.1 Å². The lowest BCUT2D eigenvalue weighted by molar-refractivity contribution is -0.0471. The molecule has 6 heterocycles. The second-order valence-electron chi connectivity index (χ2n) is 19.4. The highest BCUT2D eigenvalue weighted by atomic mass is 31.2. The van der Waals surface area contributed by atoms with Gasteiger partial charge in [-0.3, -0.25) is 22.6 Å². The van der Waals surface area contributed by atoms with Crippen LogP contribution >= 0.6 is 30.8 Å². The van der Waals surface area contributed by atoms with E-state index in [-0.39, 0.29) is 85.6 Å². The number of unbranched alkanes of at least 4 members (excludes halogenated alkanes) is 3. The first-order valence-electron chi connectivity index (χ1n) is 24.2. The molecule has 4 unspecified atom stereocenters. The number of hydrogen-bond acceptors (Lipinski definition) is 13. The summed E-state index contributed by atoms with van der Waals surface area (Å²) in [7, 11) is -5.14. The number of ether oxygens (including phenoxy) is 3. The Kier molecular flexibility index (Phi) is 20.7. The zero-order valence-corrected chi connectivity index (χ0v) is 46.2. The van der Waals surface area contributed by atoms with Crippen molar-refractivity contribution in [3.63, 3.8) is 0 Å². The number of phosphoric acid groups is 1. The molecule has 6 rings (SSSR count). The van der Waals surface area contributed by atoms with Crippen LogP contribution in [0.4, 0.5) is 0 Å². The van der Waals surface area contributed by atoms with Crippen molar-refractivity contribution in [3.05, 3.63) is 0 Å². The molecule has 0 amide bonds. The summed E-state index contributed by atoms with van der Waals surface area (Å²) in [6.07, 6.45) is 0.508. The van der Waals surface area contributed by atoms with Crippen LogP contribution in [-0.2, 0) is 55.1 Å². The highest BCUT2D eigenvalue weighted by molar-refractivity contribution is 7.56. The van der Waals surface area contributed by atoms with E-state index in [0.29, 0.717) is 63.4 Å². The van der Waals surface area contributed by atoms with Gasteiger partial charge in [-0.1, -0.05) is 12.8 Å². The molecule has 6 saturated heterocycles. The maximum Gasteiger partial charge on any atom is 0.472 e. The molecule has 2 N–H and O–H groups in total. The van der Waals surface area contributed by atoms with E-state index in [1.165, 1.54) is 0 Å². The fourth-order valence-corrected chi connectivity index (χ4v) is 15.4. The molecule has 6 aliphatic heterocycles. The van der Waals surface area contributed by atoms with E-state index in [9.17, 15) is 14.0 Å². The Morgan fingerprint density at radius 1 is 0.514 bits per heavy atom. The Bertz CT molecular complexity index is 1990. The van der Waals surface area contributed by atoms with Crippen molar-refractivity contribution in [2.45, 2.75) is 70.4 Å². The third-order valence-electron chi connectivity index (χ3n) is 12.4. The summed E-state index contributed by atoms with van der Waals surface area (Å²) in [5.74, 6) is 1.53. The standard InChI is InChI=1S/C40H80N12O14P4/c1-40(2,3)66-69(56,43-39-48(8)18-19-49(39)9)52-22-27-60-35(30-52)32-64-67(54,41-37-44(4)14-15-45(37)5)50-20-25-59-34(28-50)31-63-68(55,42-38-46(6)16-17-47(38)7)51-21-26-61-36(29-51)33-65-70(57,58)62-24-13-11-10-12-23-53/h34-36,53H,10-33H2,1-9H3,(H,57,58)/t34-,35-,36-,67?,68?,69?/m1/s1. The van der Waals surface area contributed by atoms with Crippen LogP contribution in [0.15, 0.2) is 14.3 Å². The van der Waals surface area contributed by atoms with E-state index < -0.39 is 54.7 Å². The summed E-state index contributed by atoms with van der Waals surface area (Å²) >= 11 is 0. The SMILES string of the molecule is CN1CCN(C)C1=NP(=O)(OC[C@H]1CN(P(=O)(N=C2N(C)CCN2C)OC[C@H]2CN(P(=O)(N=C3N(C)CCN3C)OC(C)(C)C)CCO2)CCO1)N1CCO[C@@H](COP(=O)(O)OCCCCCCO)C1. The molecule has 7 atom stereocenters. The van der Waals surface area contributed by atoms with Crippen molar-refractivity contribution in [2.75, 3.05) is 174 Å². The fraction of sp³-hybridized carbons (Fsp3) is 0.925. The first kappa shape index (κ1) is 57.5. The van der Waals surface area contributed by atoms with Crippen LogP contribution < -0.4 is 0 Å². The summed E-state index contributed by atoms with van der Waals surface area (Å²) in [6.45, 7) is 10.4. The summed E-state index contributed by atoms with van der Waals surface area (Å²) < 4.78 is 125. The highest BCUT2D eigenvalue weighted by Crippen LogP contribution is 2.58. The number of guanidine groups is 3. The molecule has 0 radical (unpaired) electrons. The van der Waals surface area contributed by atoms with Gasteiger partial charge in [-0.15, -0.1) is 0 Å². The predicted octanol–water partition coefficient (Wildman–Crippen LogP) is 2.65.